The number of rotatable bonds is 4. The number of hydrogen-bond acceptors (Lipinski definition) is 0. The van der Waals surface area contributed by atoms with Crippen molar-refractivity contribution in [2.24, 2.45) is 0 Å². The molecule has 0 nitrogen and oxygen atoms in total. The third-order valence-electron chi connectivity index (χ3n) is 4.19. The summed E-state index contributed by atoms with van der Waals surface area (Å²) in [6, 6.07) is 13.5. The molecule has 0 saturated carbocycles. The van der Waals surface area contributed by atoms with E-state index < -0.39 is 0 Å². The fourth-order valence-electron chi connectivity index (χ4n) is 3.21. The van der Waals surface area contributed by atoms with Crippen molar-refractivity contribution in [2.45, 2.75) is 53.4 Å². The van der Waals surface area contributed by atoms with Crippen LogP contribution in [0.3, 0.4) is 0 Å². The van der Waals surface area contributed by atoms with E-state index >= 15 is 0 Å². The SMILES string of the molecule is Cc1cccc(CCc2ccc(C)c(C(C)C)c2C)c1. The van der Waals surface area contributed by atoms with Gasteiger partial charge in [0.15, 0.2) is 0 Å². The Kier molecular flexibility index (Phi) is 4.65. The van der Waals surface area contributed by atoms with Crippen LogP contribution in [0.2, 0.25) is 0 Å². The minimum atomic E-state index is 0.605. The molecule has 0 N–H and O–H groups in total. The second-order valence-electron chi connectivity index (χ2n) is 6.22. The molecule has 2 aromatic carbocycles. The van der Waals surface area contributed by atoms with Crippen LogP contribution in [0.1, 0.15) is 53.1 Å². The molecule has 0 fully saturated rings. The summed E-state index contributed by atoms with van der Waals surface area (Å²) in [5.41, 5.74) is 8.75. The van der Waals surface area contributed by atoms with Gasteiger partial charge in [0.05, 0.1) is 0 Å². The van der Waals surface area contributed by atoms with E-state index in [1.165, 1.54) is 33.4 Å². The molecule has 0 heterocycles. The van der Waals surface area contributed by atoms with Gasteiger partial charge in [-0.05, 0) is 67.3 Å². The molecule has 0 heteroatoms. The van der Waals surface area contributed by atoms with Crippen LogP contribution in [0.4, 0.5) is 0 Å². The molecule has 0 radical (unpaired) electrons. The van der Waals surface area contributed by atoms with E-state index in [1.807, 2.05) is 0 Å². The summed E-state index contributed by atoms with van der Waals surface area (Å²) in [5, 5.41) is 0. The standard InChI is InChI=1S/C20H26/c1-14(2)20-16(4)9-11-19(17(20)5)12-10-18-8-6-7-15(3)13-18/h6-9,11,13-14H,10,12H2,1-5H3. The van der Waals surface area contributed by atoms with E-state index in [9.17, 15) is 0 Å². The fourth-order valence-corrected chi connectivity index (χ4v) is 3.21. The van der Waals surface area contributed by atoms with E-state index in [1.54, 1.807) is 0 Å². The lowest BCUT2D eigenvalue weighted by atomic mass is 9.88. The van der Waals surface area contributed by atoms with Crippen LogP contribution >= 0.6 is 0 Å². The molecule has 2 rings (SSSR count). The number of benzene rings is 2. The van der Waals surface area contributed by atoms with Crippen molar-refractivity contribution < 1.29 is 0 Å². The van der Waals surface area contributed by atoms with Crippen molar-refractivity contribution in [2.75, 3.05) is 0 Å². The van der Waals surface area contributed by atoms with Gasteiger partial charge in [0.2, 0.25) is 0 Å². The smallest absolute Gasteiger partial charge is 0.0213 e. The first kappa shape index (κ1) is 14.8. The molecule has 0 aromatic heterocycles. The topological polar surface area (TPSA) is 0 Å². The maximum atomic E-state index is 2.31. The Morgan fingerprint density at radius 2 is 1.65 bits per heavy atom. The van der Waals surface area contributed by atoms with Crippen molar-refractivity contribution in [3.63, 3.8) is 0 Å². The van der Waals surface area contributed by atoms with Gasteiger partial charge >= 0.3 is 0 Å². The molecule has 2 aromatic rings. The van der Waals surface area contributed by atoms with Gasteiger partial charge in [-0.15, -0.1) is 0 Å². The van der Waals surface area contributed by atoms with Gasteiger partial charge in [-0.25, -0.2) is 0 Å². The first-order valence-corrected chi connectivity index (χ1v) is 7.63. The predicted octanol–water partition coefficient (Wildman–Crippen LogP) is 5.52. The molecule has 0 amide bonds. The van der Waals surface area contributed by atoms with Crippen LogP contribution in [-0.2, 0) is 12.8 Å². The van der Waals surface area contributed by atoms with Gasteiger partial charge in [0.25, 0.3) is 0 Å². The summed E-state index contributed by atoms with van der Waals surface area (Å²) in [5.74, 6) is 0.605. The predicted molar refractivity (Wildman–Crippen MR) is 88.6 cm³/mol. The third-order valence-corrected chi connectivity index (χ3v) is 4.19. The first-order valence-electron chi connectivity index (χ1n) is 7.63. The Morgan fingerprint density at radius 3 is 2.30 bits per heavy atom. The van der Waals surface area contributed by atoms with Crippen molar-refractivity contribution in [1.29, 1.82) is 0 Å². The van der Waals surface area contributed by atoms with Gasteiger partial charge in [0.1, 0.15) is 0 Å². The molecule has 0 aliphatic rings. The summed E-state index contributed by atoms with van der Waals surface area (Å²) >= 11 is 0. The van der Waals surface area contributed by atoms with Gasteiger partial charge in [-0.2, -0.15) is 0 Å². The van der Waals surface area contributed by atoms with E-state index in [4.69, 9.17) is 0 Å². The van der Waals surface area contributed by atoms with Gasteiger partial charge in [-0.1, -0.05) is 55.8 Å². The summed E-state index contributed by atoms with van der Waals surface area (Å²) < 4.78 is 0. The Morgan fingerprint density at radius 1 is 0.900 bits per heavy atom. The van der Waals surface area contributed by atoms with Crippen LogP contribution in [0, 0.1) is 20.8 Å². The van der Waals surface area contributed by atoms with Crippen LogP contribution in [-0.4, -0.2) is 0 Å². The first-order chi connectivity index (χ1) is 9.49. The van der Waals surface area contributed by atoms with Crippen molar-refractivity contribution in [3.05, 3.63) is 69.8 Å². The van der Waals surface area contributed by atoms with Crippen LogP contribution in [0.5, 0.6) is 0 Å². The molecular formula is C20H26. The second-order valence-corrected chi connectivity index (χ2v) is 6.22. The highest BCUT2D eigenvalue weighted by molar-refractivity contribution is 5.42. The molecule has 0 saturated heterocycles. The molecule has 106 valence electrons. The maximum absolute atomic E-state index is 2.31. The van der Waals surface area contributed by atoms with Crippen molar-refractivity contribution in [3.8, 4) is 0 Å². The quantitative estimate of drug-likeness (QED) is 0.683. The average Bonchev–Trinajstić information content (AvgIpc) is 2.37. The minimum absolute atomic E-state index is 0.605. The number of aryl methyl sites for hydroxylation is 4. The highest BCUT2D eigenvalue weighted by atomic mass is 14.2. The molecule has 0 aliphatic carbocycles. The van der Waals surface area contributed by atoms with E-state index in [0.29, 0.717) is 5.92 Å². The molecular weight excluding hydrogens is 240 g/mol. The maximum Gasteiger partial charge on any atom is -0.0213 e. The molecule has 0 unspecified atom stereocenters. The van der Waals surface area contributed by atoms with E-state index in [-0.39, 0.29) is 0 Å². The second kappa shape index (κ2) is 6.26. The van der Waals surface area contributed by atoms with E-state index in [0.717, 1.165) is 12.8 Å². The molecule has 0 bridgehead atoms. The Labute approximate surface area is 123 Å². The lowest BCUT2D eigenvalue weighted by Gasteiger charge is -2.17. The zero-order valence-corrected chi connectivity index (χ0v) is 13.5. The largest absolute Gasteiger partial charge is 0.0617 e. The van der Waals surface area contributed by atoms with Crippen LogP contribution in [0.25, 0.3) is 0 Å². The Bertz CT molecular complexity index is 591. The fraction of sp³-hybridized carbons (Fsp3) is 0.400. The molecule has 20 heavy (non-hydrogen) atoms. The Balaban J connectivity index is 2.20. The molecule has 0 atom stereocenters. The van der Waals surface area contributed by atoms with Gasteiger partial charge in [-0.3, -0.25) is 0 Å². The lowest BCUT2D eigenvalue weighted by Crippen LogP contribution is -2.02. The van der Waals surface area contributed by atoms with Crippen LogP contribution < -0.4 is 0 Å². The monoisotopic (exact) mass is 266 g/mol. The number of hydrogen-bond donors (Lipinski definition) is 0. The zero-order valence-electron chi connectivity index (χ0n) is 13.5. The summed E-state index contributed by atoms with van der Waals surface area (Å²) in [6.07, 6.45) is 2.26. The highest BCUT2D eigenvalue weighted by Crippen LogP contribution is 2.26. The van der Waals surface area contributed by atoms with Crippen LogP contribution in [0.15, 0.2) is 36.4 Å². The van der Waals surface area contributed by atoms with Crippen molar-refractivity contribution >= 4 is 0 Å². The molecule has 0 spiro atoms. The average molecular weight is 266 g/mol. The third kappa shape index (κ3) is 3.30. The zero-order chi connectivity index (χ0) is 14.7. The minimum Gasteiger partial charge on any atom is -0.0617 e. The van der Waals surface area contributed by atoms with Gasteiger partial charge in [0, 0.05) is 0 Å². The summed E-state index contributed by atoms with van der Waals surface area (Å²) in [6.45, 7) is 11.3. The summed E-state index contributed by atoms with van der Waals surface area (Å²) in [7, 11) is 0. The highest BCUT2D eigenvalue weighted by Gasteiger charge is 2.10. The van der Waals surface area contributed by atoms with E-state index in [2.05, 4.69) is 71.0 Å². The lowest BCUT2D eigenvalue weighted by molar-refractivity contribution is 0.833. The molecule has 0 aliphatic heterocycles. The Hall–Kier alpha value is -1.56. The normalized spacial score (nSPS) is 11.1. The summed E-state index contributed by atoms with van der Waals surface area (Å²) in [4.78, 5) is 0. The van der Waals surface area contributed by atoms with Gasteiger partial charge < -0.3 is 0 Å². The van der Waals surface area contributed by atoms with Crippen molar-refractivity contribution in [1.82, 2.24) is 0 Å².